The number of rotatable bonds is 4. The van der Waals surface area contributed by atoms with Crippen molar-refractivity contribution in [3.05, 3.63) is 30.9 Å². The van der Waals surface area contributed by atoms with Gasteiger partial charge in [0.2, 0.25) is 5.95 Å². The highest BCUT2D eigenvalue weighted by atomic mass is 15.3. The molecular weight excluding hydrogens is 178 g/mol. The average molecular weight is 191 g/mol. The lowest BCUT2D eigenvalue weighted by Gasteiger charge is -2.05. The van der Waals surface area contributed by atoms with E-state index in [4.69, 9.17) is 0 Å². The molecule has 2 heterocycles. The Labute approximate surface area is 82.4 Å². The Bertz CT molecular complexity index is 376. The second-order valence-electron chi connectivity index (χ2n) is 3.06. The number of aromatic nitrogens is 4. The number of hydrogen-bond donors (Lipinski definition) is 1. The lowest BCUT2D eigenvalue weighted by molar-refractivity contribution is 0.634. The molecule has 0 unspecified atom stereocenters. The molecule has 0 saturated heterocycles. The molecule has 0 fully saturated rings. The number of imidazole rings is 1. The molecule has 0 aliphatic carbocycles. The smallest absolute Gasteiger partial charge is 0.202 e. The zero-order valence-electron chi connectivity index (χ0n) is 8.09. The van der Waals surface area contributed by atoms with Crippen molar-refractivity contribution < 1.29 is 0 Å². The highest BCUT2D eigenvalue weighted by molar-refractivity contribution is 5.24. The van der Waals surface area contributed by atoms with Crippen LogP contribution in [0.15, 0.2) is 30.9 Å². The van der Waals surface area contributed by atoms with Crippen molar-refractivity contribution in [3.63, 3.8) is 0 Å². The predicted molar refractivity (Wildman–Crippen MR) is 53.9 cm³/mol. The van der Waals surface area contributed by atoms with Crippen LogP contribution in [-0.4, -0.2) is 25.9 Å². The minimum atomic E-state index is 0.826. The summed E-state index contributed by atoms with van der Waals surface area (Å²) >= 11 is 0. The Hall–Kier alpha value is -1.78. The van der Waals surface area contributed by atoms with Gasteiger partial charge in [0.15, 0.2) is 0 Å². The molecule has 0 aliphatic heterocycles. The van der Waals surface area contributed by atoms with Crippen molar-refractivity contribution in [2.45, 2.75) is 6.54 Å². The Morgan fingerprint density at radius 3 is 2.93 bits per heavy atom. The maximum Gasteiger partial charge on any atom is 0.202 e. The van der Waals surface area contributed by atoms with Crippen molar-refractivity contribution >= 4 is 5.95 Å². The molecule has 0 saturated carbocycles. The van der Waals surface area contributed by atoms with Crippen LogP contribution in [0.25, 0.3) is 0 Å². The van der Waals surface area contributed by atoms with Gasteiger partial charge in [0.25, 0.3) is 0 Å². The summed E-state index contributed by atoms with van der Waals surface area (Å²) < 4.78 is 3.83. The van der Waals surface area contributed by atoms with Gasteiger partial charge in [-0.2, -0.15) is 5.10 Å². The summed E-state index contributed by atoms with van der Waals surface area (Å²) in [7, 11) is 1.96. The average Bonchev–Trinajstić information content (AvgIpc) is 2.78. The minimum absolute atomic E-state index is 0.826. The lowest BCUT2D eigenvalue weighted by Crippen LogP contribution is -2.13. The fraction of sp³-hybridized carbons (Fsp3) is 0.333. The third kappa shape index (κ3) is 1.93. The molecule has 5 heteroatoms. The van der Waals surface area contributed by atoms with E-state index in [1.807, 2.05) is 34.8 Å². The van der Waals surface area contributed by atoms with Crippen LogP contribution in [0.4, 0.5) is 5.95 Å². The largest absolute Gasteiger partial charge is 0.354 e. The van der Waals surface area contributed by atoms with Gasteiger partial charge in [0.1, 0.15) is 0 Å². The zero-order chi connectivity index (χ0) is 9.80. The van der Waals surface area contributed by atoms with Crippen molar-refractivity contribution in [1.82, 2.24) is 19.3 Å². The fourth-order valence-electron chi connectivity index (χ4n) is 1.25. The summed E-state index contributed by atoms with van der Waals surface area (Å²) in [5.74, 6) is 0.886. The normalized spacial score (nSPS) is 10.4. The molecule has 0 atom stereocenters. The Morgan fingerprint density at radius 1 is 1.36 bits per heavy atom. The van der Waals surface area contributed by atoms with Gasteiger partial charge in [0.05, 0.1) is 6.54 Å². The first-order valence-corrected chi connectivity index (χ1v) is 4.55. The van der Waals surface area contributed by atoms with Gasteiger partial charge in [-0.1, -0.05) is 0 Å². The van der Waals surface area contributed by atoms with Crippen LogP contribution < -0.4 is 5.32 Å². The molecule has 0 spiro atoms. The maximum absolute atomic E-state index is 4.16. The van der Waals surface area contributed by atoms with E-state index in [0.717, 1.165) is 19.0 Å². The maximum atomic E-state index is 4.16. The highest BCUT2D eigenvalue weighted by Crippen LogP contribution is 1.99. The monoisotopic (exact) mass is 191 g/mol. The van der Waals surface area contributed by atoms with Gasteiger partial charge in [0, 0.05) is 38.4 Å². The third-order valence-electron chi connectivity index (χ3n) is 2.00. The van der Waals surface area contributed by atoms with Crippen molar-refractivity contribution in [3.8, 4) is 0 Å². The van der Waals surface area contributed by atoms with Crippen LogP contribution in [0.5, 0.6) is 0 Å². The Kier molecular flexibility index (Phi) is 2.48. The van der Waals surface area contributed by atoms with Crippen molar-refractivity contribution in [1.29, 1.82) is 0 Å². The molecule has 14 heavy (non-hydrogen) atoms. The molecule has 0 radical (unpaired) electrons. The van der Waals surface area contributed by atoms with E-state index < -0.39 is 0 Å². The van der Waals surface area contributed by atoms with Gasteiger partial charge in [-0.3, -0.25) is 4.68 Å². The summed E-state index contributed by atoms with van der Waals surface area (Å²) in [6.07, 6.45) is 7.41. The summed E-state index contributed by atoms with van der Waals surface area (Å²) in [6.45, 7) is 1.67. The van der Waals surface area contributed by atoms with Crippen LogP contribution in [0.1, 0.15) is 0 Å². The number of aryl methyl sites for hydroxylation is 1. The first-order valence-electron chi connectivity index (χ1n) is 4.55. The molecule has 0 bridgehead atoms. The number of hydrogen-bond acceptors (Lipinski definition) is 3. The van der Waals surface area contributed by atoms with Gasteiger partial charge >= 0.3 is 0 Å². The fourth-order valence-corrected chi connectivity index (χ4v) is 1.25. The lowest BCUT2D eigenvalue weighted by atomic mass is 10.6. The molecule has 0 aliphatic rings. The van der Waals surface area contributed by atoms with Crippen molar-refractivity contribution in [2.24, 2.45) is 7.05 Å². The van der Waals surface area contributed by atoms with Crippen LogP contribution in [0.2, 0.25) is 0 Å². The SMILES string of the molecule is Cn1ccnc1NCCn1cccn1. The number of nitrogens with zero attached hydrogens (tertiary/aromatic N) is 4. The molecule has 74 valence electrons. The topological polar surface area (TPSA) is 47.7 Å². The van der Waals surface area contributed by atoms with E-state index in [0.29, 0.717) is 0 Å². The van der Waals surface area contributed by atoms with Crippen LogP contribution in [0, 0.1) is 0 Å². The van der Waals surface area contributed by atoms with E-state index in [1.165, 1.54) is 0 Å². The second-order valence-corrected chi connectivity index (χ2v) is 3.06. The van der Waals surface area contributed by atoms with E-state index in [-0.39, 0.29) is 0 Å². The first kappa shape index (κ1) is 8.80. The third-order valence-corrected chi connectivity index (χ3v) is 2.00. The predicted octanol–water partition coefficient (Wildman–Crippen LogP) is 0.729. The van der Waals surface area contributed by atoms with E-state index in [2.05, 4.69) is 15.4 Å². The first-order chi connectivity index (χ1) is 6.86. The Morgan fingerprint density at radius 2 is 2.29 bits per heavy atom. The molecule has 2 aromatic heterocycles. The zero-order valence-corrected chi connectivity index (χ0v) is 8.09. The Balaban J connectivity index is 1.81. The molecule has 0 aromatic carbocycles. The van der Waals surface area contributed by atoms with Crippen LogP contribution in [-0.2, 0) is 13.6 Å². The van der Waals surface area contributed by atoms with E-state index in [9.17, 15) is 0 Å². The second kappa shape index (κ2) is 3.95. The quantitative estimate of drug-likeness (QED) is 0.775. The molecule has 0 amide bonds. The van der Waals surface area contributed by atoms with E-state index in [1.54, 1.807) is 12.4 Å². The van der Waals surface area contributed by atoms with Crippen LogP contribution in [0.3, 0.4) is 0 Å². The summed E-state index contributed by atoms with van der Waals surface area (Å²) in [4.78, 5) is 4.16. The minimum Gasteiger partial charge on any atom is -0.354 e. The molecule has 2 aromatic rings. The highest BCUT2D eigenvalue weighted by Gasteiger charge is 1.96. The van der Waals surface area contributed by atoms with E-state index >= 15 is 0 Å². The number of anilines is 1. The summed E-state index contributed by atoms with van der Waals surface area (Å²) in [5, 5.41) is 7.33. The molecular formula is C9H13N5. The van der Waals surface area contributed by atoms with Gasteiger partial charge < -0.3 is 9.88 Å². The summed E-state index contributed by atoms with van der Waals surface area (Å²) in [5.41, 5.74) is 0. The number of nitrogens with one attached hydrogen (secondary N) is 1. The molecule has 5 nitrogen and oxygen atoms in total. The summed E-state index contributed by atoms with van der Waals surface area (Å²) in [6, 6.07) is 1.92. The molecule has 1 N–H and O–H groups in total. The standard InChI is InChI=1S/C9H13N5/c1-13-7-4-10-9(13)11-5-8-14-6-2-3-12-14/h2-4,6-7H,5,8H2,1H3,(H,10,11). The van der Waals surface area contributed by atoms with Crippen LogP contribution >= 0.6 is 0 Å². The van der Waals surface area contributed by atoms with Gasteiger partial charge in [-0.25, -0.2) is 4.98 Å². The molecule has 2 rings (SSSR count). The van der Waals surface area contributed by atoms with Gasteiger partial charge in [-0.15, -0.1) is 0 Å². The van der Waals surface area contributed by atoms with Crippen molar-refractivity contribution in [2.75, 3.05) is 11.9 Å². The van der Waals surface area contributed by atoms with Gasteiger partial charge in [-0.05, 0) is 6.07 Å².